The molecule has 0 heterocycles. The Bertz CT molecular complexity index is 846. The molecule has 2 rings (SSSR count). The van der Waals surface area contributed by atoms with Gasteiger partial charge in [-0.2, -0.15) is 0 Å². The number of nitrogens with one attached hydrogen (secondary N) is 3. The lowest BCUT2D eigenvalue weighted by Gasteiger charge is -2.19. The number of carbonyl (C=O) groups excluding carboxylic acids is 2. The predicted octanol–water partition coefficient (Wildman–Crippen LogP) is 3.35. The van der Waals surface area contributed by atoms with Crippen molar-refractivity contribution in [3.63, 3.8) is 0 Å². The van der Waals surface area contributed by atoms with Crippen molar-refractivity contribution in [2.75, 3.05) is 6.61 Å². The number of thiocarbonyl (C=S) groups is 1. The zero-order valence-electron chi connectivity index (χ0n) is 15.8. The number of carbonyl (C=O) groups is 2. The molecule has 2 amide bonds. The molecule has 0 unspecified atom stereocenters. The molecule has 3 N–H and O–H groups in total. The van der Waals surface area contributed by atoms with Gasteiger partial charge in [-0.25, -0.2) is 0 Å². The minimum atomic E-state index is -0.462. The summed E-state index contributed by atoms with van der Waals surface area (Å²) in [5.41, 5.74) is 6.54. The fourth-order valence-corrected chi connectivity index (χ4v) is 2.47. The lowest BCUT2D eigenvalue weighted by molar-refractivity contribution is -0.121. The van der Waals surface area contributed by atoms with Crippen molar-refractivity contribution in [1.29, 1.82) is 0 Å². The Kier molecular flexibility index (Phi) is 7.37. The van der Waals surface area contributed by atoms with Gasteiger partial charge in [0.2, 0.25) is 0 Å². The molecule has 2 aromatic rings. The molecule has 148 valence electrons. The highest BCUT2D eigenvalue weighted by Crippen LogP contribution is 2.22. The highest BCUT2D eigenvalue weighted by atomic mass is 35.5. The summed E-state index contributed by atoms with van der Waals surface area (Å²) >= 11 is 10.8. The van der Waals surface area contributed by atoms with Crippen LogP contribution < -0.4 is 20.9 Å². The molecule has 0 saturated heterocycles. The largest absolute Gasteiger partial charge is 0.484 e. The second-order valence-corrected chi connectivity index (χ2v) is 7.87. The summed E-state index contributed by atoms with van der Waals surface area (Å²) in [5, 5.41) is 2.95. The Balaban J connectivity index is 1.75. The summed E-state index contributed by atoms with van der Waals surface area (Å²) in [6.07, 6.45) is 0. The van der Waals surface area contributed by atoms with E-state index in [-0.39, 0.29) is 23.0 Å². The molecule has 6 nitrogen and oxygen atoms in total. The van der Waals surface area contributed by atoms with E-state index < -0.39 is 5.91 Å². The lowest BCUT2D eigenvalue weighted by Crippen LogP contribution is -2.49. The van der Waals surface area contributed by atoms with Crippen LogP contribution in [0.3, 0.4) is 0 Å². The van der Waals surface area contributed by atoms with E-state index in [1.165, 1.54) is 0 Å². The van der Waals surface area contributed by atoms with Crippen molar-refractivity contribution < 1.29 is 14.3 Å². The first-order valence-electron chi connectivity index (χ1n) is 8.54. The van der Waals surface area contributed by atoms with Crippen molar-refractivity contribution in [2.45, 2.75) is 26.2 Å². The van der Waals surface area contributed by atoms with Gasteiger partial charge in [0.1, 0.15) is 5.75 Å². The molecule has 0 aliphatic carbocycles. The van der Waals surface area contributed by atoms with E-state index in [1.54, 1.807) is 36.4 Å². The van der Waals surface area contributed by atoms with Gasteiger partial charge in [-0.05, 0) is 59.6 Å². The summed E-state index contributed by atoms with van der Waals surface area (Å²) in [5.74, 6) is -0.323. The highest BCUT2D eigenvalue weighted by Gasteiger charge is 2.14. The Labute approximate surface area is 174 Å². The van der Waals surface area contributed by atoms with Crippen LogP contribution in [0.4, 0.5) is 0 Å². The van der Waals surface area contributed by atoms with Gasteiger partial charge in [0.15, 0.2) is 11.7 Å². The minimum absolute atomic E-state index is 0.00713. The van der Waals surface area contributed by atoms with Crippen LogP contribution in [0.2, 0.25) is 5.02 Å². The maximum absolute atomic E-state index is 12.2. The van der Waals surface area contributed by atoms with Crippen molar-refractivity contribution in [1.82, 2.24) is 16.2 Å². The van der Waals surface area contributed by atoms with Crippen molar-refractivity contribution in [3.05, 3.63) is 64.7 Å². The number of benzene rings is 2. The fraction of sp³-hybridized carbons (Fsp3) is 0.250. The molecule has 0 aromatic heterocycles. The summed E-state index contributed by atoms with van der Waals surface area (Å²) in [4.78, 5) is 24.0. The van der Waals surface area contributed by atoms with Crippen molar-refractivity contribution >= 4 is 40.7 Å². The molecule has 0 saturated carbocycles. The van der Waals surface area contributed by atoms with Crippen LogP contribution in [-0.2, 0) is 10.2 Å². The topological polar surface area (TPSA) is 79.5 Å². The third kappa shape index (κ3) is 6.83. The Hall–Kier alpha value is -2.64. The molecular formula is C20H22ClN3O3S. The van der Waals surface area contributed by atoms with Crippen LogP contribution in [0, 0.1) is 0 Å². The maximum atomic E-state index is 12.2. The molecule has 0 bridgehead atoms. The summed E-state index contributed by atoms with van der Waals surface area (Å²) in [6, 6.07) is 13.9. The highest BCUT2D eigenvalue weighted by molar-refractivity contribution is 7.80. The van der Waals surface area contributed by atoms with E-state index in [0.717, 1.165) is 5.56 Å². The number of halogens is 1. The fourth-order valence-electron chi connectivity index (χ4n) is 2.18. The van der Waals surface area contributed by atoms with E-state index in [2.05, 4.69) is 36.9 Å². The average molecular weight is 420 g/mol. The second-order valence-electron chi connectivity index (χ2n) is 7.03. The maximum Gasteiger partial charge on any atom is 0.269 e. The summed E-state index contributed by atoms with van der Waals surface area (Å²) in [7, 11) is 0. The molecule has 0 atom stereocenters. The second kappa shape index (κ2) is 9.52. The van der Waals surface area contributed by atoms with Crippen LogP contribution in [-0.4, -0.2) is 23.5 Å². The molecule has 0 aliphatic rings. The van der Waals surface area contributed by atoms with Crippen LogP contribution >= 0.6 is 23.8 Å². The number of rotatable bonds is 4. The van der Waals surface area contributed by atoms with Crippen LogP contribution in [0.5, 0.6) is 5.75 Å². The molecular weight excluding hydrogens is 398 g/mol. The number of amides is 2. The quantitative estimate of drug-likeness (QED) is 0.523. The Morgan fingerprint density at radius 2 is 1.61 bits per heavy atom. The molecule has 0 fully saturated rings. The number of hydrazine groups is 1. The minimum Gasteiger partial charge on any atom is -0.484 e. The van der Waals surface area contributed by atoms with Gasteiger partial charge in [0.05, 0.1) is 0 Å². The summed E-state index contributed by atoms with van der Waals surface area (Å²) in [6.45, 7) is 6.07. The van der Waals surface area contributed by atoms with E-state index in [0.29, 0.717) is 16.3 Å². The third-order valence-corrected chi connectivity index (χ3v) is 4.20. The van der Waals surface area contributed by atoms with Gasteiger partial charge in [0.25, 0.3) is 11.8 Å². The first-order chi connectivity index (χ1) is 13.1. The average Bonchev–Trinajstić information content (AvgIpc) is 2.65. The van der Waals surface area contributed by atoms with Crippen molar-refractivity contribution in [2.24, 2.45) is 0 Å². The Morgan fingerprint density at radius 3 is 2.18 bits per heavy atom. The third-order valence-electron chi connectivity index (χ3n) is 3.74. The van der Waals surface area contributed by atoms with E-state index in [4.69, 9.17) is 28.6 Å². The zero-order chi connectivity index (χ0) is 20.7. The summed E-state index contributed by atoms with van der Waals surface area (Å²) < 4.78 is 5.31. The SMILES string of the molecule is CC(C)(C)c1ccc(C(=O)NNC(=S)NC(=O)COc2ccc(Cl)cc2)cc1. The number of ether oxygens (including phenoxy) is 1. The molecule has 0 spiro atoms. The van der Waals surface area contributed by atoms with Crippen molar-refractivity contribution in [3.8, 4) is 5.75 Å². The number of hydrogen-bond acceptors (Lipinski definition) is 4. The van der Waals surface area contributed by atoms with Gasteiger partial charge in [-0.1, -0.05) is 44.5 Å². The van der Waals surface area contributed by atoms with Gasteiger partial charge >= 0.3 is 0 Å². The Morgan fingerprint density at radius 1 is 1.00 bits per heavy atom. The molecule has 0 radical (unpaired) electrons. The van der Waals surface area contributed by atoms with E-state index in [1.807, 2.05) is 12.1 Å². The zero-order valence-corrected chi connectivity index (χ0v) is 17.4. The standard InChI is InChI=1S/C20H22ClN3O3S/c1-20(2,3)14-6-4-13(5-7-14)18(26)23-24-19(28)22-17(25)12-27-16-10-8-15(21)9-11-16/h4-11H,12H2,1-3H3,(H,23,26)(H2,22,24,25,28). The van der Waals surface area contributed by atoms with Gasteiger partial charge < -0.3 is 4.74 Å². The van der Waals surface area contributed by atoms with E-state index in [9.17, 15) is 9.59 Å². The molecule has 28 heavy (non-hydrogen) atoms. The smallest absolute Gasteiger partial charge is 0.269 e. The van der Waals surface area contributed by atoms with Gasteiger partial charge in [-0.3, -0.25) is 25.8 Å². The van der Waals surface area contributed by atoms with Crippen LogP contribution in [0.1, 0.15) is 36.7 Å². The van der Waals surface area contributed by atoms with Gasteiger partial charge in [-0.15, -0.1) is 0 Å². The molecule has 0 aliphatic heterocycles. The first-order valence-corrected chi connectivity index (χ1v) is 9.33. The van der Waals surface area contributed by atoms with Gasteiger partial charge in [0, 0.05) is 10.6 Å². The van der Waals surface area contributed by atoms with Crippen LogP contribution in [0.25, 0.3) is 0 Å². The first kappa shape index (κ1) is 21.7. The number of hydrogen-bond donors (Lipinski definition) is 3. The normalized spacial score (nSPS) is 10.7. The monoisotopic (exact) mass is 419 g/mol. The molecule has 8 heteroatoms. The molecule has 2 aromatic carbocycles. The van der Waals surface area contributed by atoms with E-state index >= 15 is 0 Å². The van der Waals surface area contributed by atoms with Crippen LogP contribution in [0.15, 0.2) is 48.5 Å². The predicted molar refractivity (Wildman–Crippen MR) is 113 cm³/mol. The lowest BCUT2D eigenvalue weighted by atomic mass is 9.87.